The highest BCUT2D eigenvalue weighted by molar-refractivity contribution is 5.62. The molecule has 3 N–H and O–H groups in total. The van der Waals surface area contributed by atoms with Crippen molar-refractivity contribution in [3.8, 4) is 6.07 Å². The van der Waals surface area contributed by atoms with E-state index in [2.05, 4.69) is 15.5 Å². The maximum absolute atomic E-state index is 12.4. The van der Waals surface area contributed by atoms with Crippen molar-refractivity contribution in [3.05, 3.63) is 45.7 Å². The lowest BCUT2D eigenvalue weighted by molar-refractivity contribution is -0.137. The van der Waals surface area contributed by atoms with E-state index in [-0.39, 0.29) is 11.4 Å². The quantitative estimate of drug-likeness (QED) is 0.781. The Balaban J connectivity index is 2.25. The summed E-state index contributed by atoms with van der Waals surface area (Å²) in [5.41, 5.74) is -1.22. The lowest BCUT2D eigenvalue weighted by atomic mass is 10.2. The van der Waals surface area contributed by atoms with Crippen LogP contribution in [0.5, 0.6) is 0 Å². The average molecular weight is 268 g/mol. The van der Waals surface area contributed by atoms with Crippen LogP contribution in [-0.2, 0) is 6.18 Å². The summed E-state index contributed by atoms with van der Waals surface area (Å²) in [5, 5.41) is 16.0. The second-order valence-electron chi connectivity index (χ2n) is 3.64. The maximum Gasteiger partial charge on any atom is 0.416 e. The molecular formula is C11H7F3N4O. The molecule has 5 nitrogen and oxygen atoms in total. The molecule has 1 aromatic carbocycles. The first-order valence-electron chi connectivity index (χ1n) is 5.07. The molecule has 2 aromatic rings. The molecule has 0 unspecified atom stereocenters. The van der Waals surface area contributed by atoms with Crippen LogP contribution in [0.1, 0.15) is 11.1 Å². The topological polar surface area (TPSA) is 84.5 Å². The van der Waals surface area contributed by atoms with E-state index in [0.29, 0.717) is 5.69 Å². The Kier molecular flexibility index (Phi) is 3.04. The minimum atomic E-state index is -4.40. The number of rotatable bonds is 2. The van der Waals surface area contributed by atoms with E-state index in [1.165, 1.54) is 12.1 Å². The number of anilines is 2. The lowest BCUT2D eigenvalue weighted by Crippen LogP contribution is -2.05. The molecule has 2 rings (SSSR count). The standard InChI is InChI=1S/C11H7F3N4O/c12-11(13,14)6-1-3-7(4-2-6)16-9-8(5-15)10(19)18-17-9/h1-4H,(H3,16,17,18,19). The number of nitrogens with zero attached hydrogens (tertiary/aromatic N) is 1. The summed E-state index contributed by atoms with van der Waals surface area (Å²) in [7, 11) is 0. The first-order chi connectivity index (χ1) is 8.91. The first-order valence-corrected chi connectivity index (χ1v) is 5.07. The van der Waals surface area contributed by atoms with Crippen molar-refractivity contribution < 1.29 is 13.2 Å². The Bertz CT molecular complexity index is 676. The molecule has 0 radical (unpaired) electrons. The molecule has 0 saturated heterocycles. The Labute approximate surface area is 104 Å². The normalized spacial score (nSPS) is 11.1. The zero-order valence-corrected chi connectivity index (χ0v) is 9.30. The molecule has 0 aliphatic heterocycles. The lowest BCUT2D eigenvalue weighted by Gasteiger charge is -2.08. The second-order valence-corrected chi connectivity index (χ2v) is 3.64. The Morgan fingerprint density at radius 2 is 1.79 bits per heavy atom. The third-order valence-corrected chi connectivity index (χ3v) is 2.37. The molecule has 0 fully saturated rings. The zero-order valence-electron chi connectivity index (χ0n) is 9.30. The Morgan fingerprint density at radius 3 is 2.32 bits per heavy atom. The highest BCUT2D eigenvalue weighted by Crippen LogP contribution is 2.30. The van der Waals surface area contributed by atoms with Crippen molar-refractivity contribution in [2.24, 2.45) is 0 Å². The van der Waals surface area contributed by atoms with Crippen LogP contribution >= 0.6 is 0 Å². The van der Waals surface area contributed by atoms with Gasteiger partial charge in [-0.1, -0.05) is 0 Å². The van der Waals surface area contributed by atoms with E-state index >= 15 is 0 Å². The largest absolute Gasteiger partial charge is 0.416 e. The summed E-state index contributed by atoms with van der Waals surface area (Å²) >= 11 is 0. The molecule has 98 valence electrons. The fourth-order valence-electron chi connectivity index (χ4n) is 1.45. The van der Waals surface area contributed by atoms with Crippen molar-refractivity contribution in [1.82, 2.24) is 10.2 Å². The summed E-state index contributed by atoms with van der Waals surface area (Å²) in [6.45, 7) is 0. The number of hydrogen-bond donors (Lipinski definition) is 3. The summed E-state index contributed by atoms with van der Waals surface area (Å²) in [4.78, 5) is 11.1. The van der Waals surface area contributed by atoms with Gasteiger partial charge in [-0.3, -0.25) is 15.0 Å². The molecule has 19 heavy (non-hydrogen) atoms. The number of aromatic amines is 2. The van der Waals surface area contributed by atoms with Crippen molar-refractivity contribution >= 4 is 11.5 Å². The number of halogens is 3. The molecule has 0 spiro atoms. The number of H-pyrrole nitrogens is 2. The van der Waals surface area contributed by atoms with Gasteiger partial charge in [0.25, 0.3) is 5.56 Å². The minimum absolute atomic E-state index is 0.104. The number of hydrogen-bond acceptors (Lipinski definition) is 3. The van der Waals surface area contributed by atoms with Crippen LogP contribution in [0.25, 0.3) is 0 Å². The van der Waals surface area contributed by atoms with Gasteiger partial charge >= 0.3 is 6.18 Å². The highest BCUT2D eigenvalue weighted by Gasteiger charge is 2.29. The Morgan fingerprint density at radius 1 is 1.16 bits per heavy atom. The molecule has 0 amide bonds. The summed E-state index contributed by atoms with van der Waals surface area (Å²) in [6.07, 6.45) is -4.40. The van der Waals surface area contributed by atoms with Crippen LogP contribution in [0.4, 0.5) is 24.7 Å². The summed E-state index contributed by atoms with van der Waals surface area (Å²) in [6, 6.07) is 5.89. The molecule has 0 atom stereocenters. The molecular weight excluding hydrogens is 261 g/mol. The second kappa shape index (κ2) is 4.53. The third kappa shape index (κ3) is 2.60. The van der Waals surface area contributed by atoms with Gasteiger partial charge in [-0.15, -0.1) is 0 Å². The molecule has 8 heteroatoms. The fourth-order valence-corrected chi connectivity index (χ4v) is 1.45. The maximum atomic E-state index is 12.4. The number of benzene rings is 1. The predicted octanol–water partition coefficient (Wildman–Crippen LogP) is 2.34. The number of aromatic nitrogens is 2. The van der Waals surface area contributed by atoms with Gasteiger partial charge in [0, 0.05) is 5.69 Å². The minimum Gasteiger partial charge on any atom is -0.339 e. The van der Waals surface area contributed by atoms with Crippen molar-refractivity contribution in [2.45, 2.75) is 6.18 Å². The molecule has 0 aliphatic carbocycles. The van der Waals surface area contributed by atoms with Crippen LogP contribution in [-0.4, -0.2) is 10.2 Å². The SMILES string of the molecule is N#Cc1c(Nc2ccc(C(F)(F)F)cc2)[nH][nH]c1=O. The Hall–Kier alpha value is -2.69. The van der Waals surface area contributed by atoms with Gasteiger partial charge in [-0.2, -0.15) is 18.4 Å². The predicted molar refractivity (Wildman–Crippen MR) is 60.9 cm³/mol. The molecule has 0 aliphatic rings. The smallest absolute Gasteiger partial charge is 0.339 e. The van der Waals surface area contributed by atoms with E-state index in [1.807, 2.05) is 0 Å². The first kappa shape index (κ1) is 12.8. The summed E-state index contributed by atoms with van der Waals surface area (Å²) in [5.74, 6) is 0.104. The molecule has 1 heterocycles. The van der Waals surface area contributed by atoms with Crippen LogP contribution < -0.4 is 10.9 Å². The van der Waals surface area contributed by atoms with Gasteiger partial charge in [0.05, 0.1) is 5.56 Å². The van der Waals surface area contributed by atoms with Crippen molar-refractivity contribution in [2.75, 3.05) is 5.32 Å². The van der Waals surface area contributed by atoms with E-state index < -0.39 is 17.3 Å². The van der Waals surface area contributed by atoms with Gasteiger partial charge in [-0.25, -0.2) is 0 Å². The molecule has 1 aromatic heterocycles. The zero-order chi connectivity index (χ0) is 14.0. The number of alkyl halides is 3. The van der Waals surface area contributed by atoms with Gasteiger partial charge in [0.15, 0.2) is 5.56 Å². The van der Waals surface area contributed by atoms with Crippen LogP contribution in [0.15, 0.2) is 29.1 Å². The van der Waals surface area contributed by atoms with Crippen LogP contribution in [0, 0.1) is 11.3 Å². The fraction of sp³-hybridized carbons (Fsp3) is 0.0909. The molecule has 0 saturated carbocycles. The monoisotopic (exact) mass is 268 g/mol. The number of nitrogens with one attached hydrogen (secondary N) is 3. The van der Waals surface area contributed by atoms with Gasteiger partial charge in [0.2, 0.25) is 0 Å². The third-order valence-electron chi connectivity index (χ3n) is 2.37. The highest BCUT2D eigenvalue weighted by atomic mass is 19.4. The summed E-state index contributed by atoms with van der Waals surface area (Å²) < 4.78 is 37.1. The number of nitriles is 1. The average Bonchev–Trinajstić information content (AvgIpc) is 2.69. The van der Waals surface area contributed by atoms with Crippen LogP contribution in [0.3, 0.4) is 0 Å². The van der Waals surface area contributed by atoms with E-state index in [9.17, 15) is 18.0 Å². The van der Waals surface area contributed by atoms with E-state index in [1.54, 1.807) is 6.07 Å². The van der Waals surface area contributed by atoms with Gasteiger partial charge in [0.1, 0.15) is 11.9 Å². The van der Waals surface area contributed by atoms with Crippen LogP contribution in [0.2, 0.25) is 0 Å². The molecule has 0 bridgehead atoms. The van der Waals surface area contributed by atoms with E-state index in [0.717, 1.165) is 12.1 Å². The van der Waals surface area contributed by atoms with Crippen molar-refractivity contribution in [3.63, 3.8) is 0 Å². The van der Waals surface area contributed by atoms with Crippen molar-refractivity contribution in [1.29, 1.82) is 5.26 Å². The van der Waals surface area contributed by atoms with Gasteiger partial charge < -0.3 is 5.32 Å². The van der Waals surface area contributed by atoms with E-state index in [4.69, 9.17) is 5.26 Å². The van der Waals surface area contributed by atoms with Gasteiger partial charge in [-0.05, 0) is 24.3 Å².